The summed E-state index contributed by atoms with van der Waals surface area (Å²) in [5.74, 6) is 0. The van der Waals surface area contributed by atoms with Crippen molar-refractivity contribution in [3.05, 3.63) is 30.1 Å². The molecule has 1 aromatic heterocycles. The van der Waals surface area contributed by atoms with Gasteiger partial charge in [-0.25, -0.2) is 0 Å². The van der Waals surface area contributed by atoms with E-state index >= 15 is 0 Å². The molecule has 0 bridgehead atoms. The fourth-order valence-electron chi connectivity index (χ4n) is 2.35. The van der Waals surface area contributed by atoms with Gasteiger partial charge in [-0.3, -0.25) is 4.98 Å². The predicted molar refractivity (Wildman–Crippen MR) is 78.5 cm³/mol. The molecule has 18 heavy (non-hydrogen) atoms. The molecule has 2 N–H and O–H groups in total. The van der Waals surface area contributed by atoms with Gasteiger partial charge >= 0.3 is 0 Å². The summed E-state index contributed by atoms with van der Waals surface area (Å²) in [6.07, 6.45) is 6.99. The molecule has 0 radical (unpaired) electrons. The highest BCUT2D eigenvalue weighted by Gasteiger charge is 2.32. The van der Waals surface area contributed by atoms with Crippen LogP contribution in [0.1, 0.15) is 25.3 Å². The van der Waals surface area contributed by atoms with Crippen LogP contribution < -0.4 is 5.73 Å². The highest BCUT2D eigenvalue weighted by atomic mass is 32.1. The molecule has 3 nitrogen and oxygen atoms in total. The zero-order valence-corrected chi connectivity index (χ0v) is 11.7. The van der Waals surface area contributed by atoms with E-state index in [0.29, 0.717) is 4.99 Å². The van der Waals surface area contributed by atoms with Gasteiger partial charge < -0.3 is 10.6 Å². The Morgan fingerprint density at radius 2 is 2.22 bits per heavy atom. The number of aromatic nitrogens is 1. The van der Waals surface area contributed by atoms with Gasteiger partial charge in [-0.2, -0.15) is 0 Å². The molecule has 0 atom stereocenters. The smallest absolute Gasteiger partial charge is 0.0788 e. The third-order valence-electron chi connectivity index (χ3n) is 3.99. The number of hydrogen-bond acceptors (Lipinski definition) is 3. The molecule has 2 rings (SSSR count). The van der Waals surface area contributed by atoms with Crippen molar-refractivity contribution in [2.45, 2.75) is 26.2 Å². The first-order valence-electron chi connectivity index (χ1n) is 6.51. The van der Waals surface area contributed by atoms with Crippen molar-refractivity contribution in [3.8, 4) is 0 Å². The van der Waals surface area contributed by atoms with Crippen molar-refractivity contribution in [2.24, 2.45) is 11.1 Å². The minimum Gasteiger partial charge on any atom is -0.393 e. The van der Waals surface area contributed by atoms with Crippen LogP contribution in [0.2, 0.25) is 0 Å². The molecule has 1 aliphatic rings. The highest BCUT2D eigenvalue weighted by molar-refractivity contribution is 7.80. The van der Waals surface area contributed by atoms with Crippen molar-refractivity contribution < 1.29 is 0 Å². The average Bonchev–Trinajstić information content (AvgIpc) is 2.39. The van der Waals surface area contributed by atoms with Gasteiger partial charge in [0.2, 0.25) is 0 Å². The summed E-state index contributed by atoms with van der Waals surface area (Å²) in [5.41, 5.74) is 7.19. The molecule has 1 aromatic rings. The van der Waals surface area contributed by atoms with E-state index in [1.165, 1.54) is 5.56 Å². The lowest BCUT2D eigenvalue weighted by molar-refractivity contribution is 0.166. The third kappa shape index (κ3) is 3.27. The summed E-state index contributed by atoms with van der Waals surface area (Å²) in [4.78, 5) is 7.31. The number of piperidine rings is 1. The Labute approximate surface area is 114 Å². The number of hydrogen-bond donors (Lipinski definition) is 1. The Hall–Kier alpha value is -1.00. The number of nitrogens with zero attached hydrogens (tertiary/aromatic N) is 2. The largest absolute Gasteiger partial charge is 0.393 e. The van der Waals surface area contributed by atoms with Gasteiger partial charge in [0.25, 0.3) is 0 Å². The van der Waals surface area contributed by atoms with Crippen LogP contribution in [0.25, 0.3) is 0 Å². The molecule has 4 heteroatoms. The molecule has 1 fully saturated rings. The van der Waals surface area contributed by atoms with Crippen LogP contribution in [0.4, 0.5) is 0 Å². The van der Waals surface area contributed by atoms with E-state index in [2.05, 4.69) is 22.9 Å². The predicted octanol–water partition coefficient (Wildman–Crippen LogP) is 2.01. The van der Waals surface area contributed by atoms with Crippen LogP contribution >= 0.6 is 12.2 Å². The second-order valence-electron chi connectivity index (χ2n) is 5.38. The van der Waals surface area contributed by atoms with Crippen LogP contribution in [-0.4, -0.2) is 34.5 Å². The quantitative estimate of drug-likeness (QED) is 0.844. The van der Waals surface area contributed by atoms with E-state index < -0.39 is 0 Å². The molecule has 1 saturated heterocycles. The first-order chi connectivity index (χ1) is 8.60. The molecular formula is C14H21N3S. The number of likely N-dealkylation sites (tertiary alicyclic amines) is 1. The van der Waals surface area contributed by atoms with Gasteiger partial charge in [-0.05, 0) is 44.0 Å². The second-order valence-corrected chi connectivity index (χ2v) is 5.82. The van der Waals surface area contributed by atoms with Crippen molar-refractivity contribution in [1.82, 2.24) is 9.88 Å². The van der Waals surface area contributed by atoms with Gasteiger partial charge in [0, 0.05) is 24.4 Å². The monoisotopic (exact) mass is 263 g/mol. The first-order valence-corrected chi connectivity index (χ1v) is 6.92. The maximum atomic E-state index is 5.82. The molecular weight excluding hydrogens is 242 g/mol. The first kappa shape index (κ1) is 13.4. The van der Waals surface area contributed by atoms with Crippen LogP contribution in [0.3, 0.4) is 0 Å². The molecule has 0 unspecified atom stereocenters. The molecule has 0 aromatic carbocycles. The Kier molecular flexibility index (Phi) is 4.30. The SMILES string of the molecule is CC1(C(N)=S)CCN(CCc2cccnc2)CC1. The van der Waals surface area contributed by atoms with Gasteiger partial charge in [-0.15, -0.1) is 0 Å². The number of nitrogens with two attached hydrogens (primary N) is 1. The van der Waals surface area contributed by atoms with Crippen molar-refractivity contribution in [2.75, 3.05) is 19.6 Å². The number of pyridine rings is 1. The molecule has 2 heterocycles. The normalized spacial score (nSPS) is 19.6. The Morgan fingerprint density at radius 3 is 2.78 bits per heavy atom. The Balaban J connectivity index is 1.79. The lowest BCUT2D eigenvalue weighted by atomic mass is 9.80. The van der Waals surface area contributed by atoms with Crippen molar-refractivity contribution in [1.29, 1.82) is 0 Å². The Bertz CT molecular complexity index is 397. The summed E-state index contributed by atoms with van der Waals surface area (Å²) < 4.78 is 0. The molecule has 0 aliphatic carbocycles. The lowest BCUT2D eigenvalue weighted by Crippen LogP contribution is -2.45. The van der Waals surface area contributed by atoms with E-state index in [-0.39, 0.29) is 5.41 Å². The summed E-state index contributed by atoms with van der Waals surface area (Å²) in [6, 6.07) is 4.13. The topological polar surface area (TPSA) is 42.1 Å². The zero-order chi connectivity index (χ0) is 13.0. The molecule has 0 amide bonds. The van der Waals surface area contributed by atoms with Gasteiger partial charge in [0.05, 0.1) is 4.99 Å². The summed E-state index contributed by atoms with van der Waals surface area (Å²) >= 11 is 5.16. The fraction of sp³-hybridized carbons (Fsp3) is 0.571. The minimum atomic E-state index is 0.0696. The van der Waals surface area contributed by atoms with Gasteiger partial charge in [-0.1, -0.05) is 25.2 Å². The van der Waals surface area contributed by atoms with Gasteiger partial charge in [0.15, 0.2) is 0 Å². The standard InChI is InChI=1S/C14H21N3S/c1-14(13(15)18)5-9-17(10-6-14)8-4-12-3-2-7-16-11-12/h2-3,7,11H,4-6,8-10H2,1H3,(H2,15,18). The van der Waals surface area contributed by atoms with Crippen LogP contribution in [0.5, 0.6) is 0 Å². The van der Waals surface area contributed by atoms with Gasteiger partial charge in [0.1, 0.15) is 0 Å². The van der Waals surface area contributed by atoms with Crippen molar-refractivity contribution >= 4 is 17.2 Å². The van der Waals surface area contributed by atoms with Crippen molar-refractivity contribution in [3.63, 3.8) is 0 Å². The van der Waals surface area contributed by atoms with E-state index in [4.69, 9.17) is 18.0 Å². The molecule has 0 saturated carbocycles. The molecule has 98 valence electrons. The Morgan fingerprint density at radius 1 is 1.50 bits per heavy atom. The lowest BCUT2D eigenvalue weighted by Gasteiger charge is -2.38. The number of rotatable bonds is 4. The van der Waals surface area contributed by atoms with E-state index in [0.717, 1.165) is 38.9 Å². The van der Waals surface area contributed by atoms with E-state index in [9.17, 15) is 0 Å². The maximum absolute atomic E-state index is 5.82. The molecule has 0 spiro atoms. The number of thiocarbonyl (C=S) groups is 1. The maximum Gasteiger partial charge on any atom is 0.0788 e. The summed E-state index contributed by atoms with van der Waals surface area (Å²) in [7, 11) is 0. The summed E-state index contributed by atoms with van der Waals surface area (Å²) in [6.45, 7) is 5.47. The molecule has 1 aliphatic heterocycles. The summed E-state index contributed by atoms with van der Waals surface area (Å²) in [5, 5.41) is 0. The minimum absolute atomic E-state index is 0.0696. The zero-order valence-electron chi connectivity index (χ0n) is 10.9. The fourth-order valence-corrected chi connectivity index (χ4v) is 2.55. The van der Waals surface area contributed by atoms with E-state index in [1.807, 2.05) is 18.5 Å². The van der Waals surface area contributed by atoms with E-state index in [1.54, 1.807) is 0 Å². The van der Waals surface area contributed by atoms with Crippen LogP contribution in [-0.2, 0) is 6.42 Å². The highest BCUT2D eigenvalue weighted by Crippen LogP contribution is 2.31. The average molecular weight is 263 g/mol. The second kappa shape index (κ2) is 5.76. The third-order valence-corrected chi connectivity index (χ3v) is 4.49. The van der Waals surface area contributed by atoms with Crippen LogP contribution in [0.15, 0.2) is 24.5 Å². The van der Waals surface area contributed by atoms with Crippen LogP contribution in [0, 0.1) is 5.41 Å².